The van der Waals surface area contributed by atoms with Gasteiger partial charge >= 0.3 is 0 Å². The summed E-state index contributed by atoms with van der Waals surface area (Å²) in [7, 11) is -1.32. The first-order valence-corrected chi connectivity index (χ1v) is 16.7. The van der Waals surface area contributed by atoms with Gasteiger partial charge in [-0.2, -0.15) is 0 Å². The van der Waals surface area contributed by atoms with E-state index < -0.39 is 8.07 Å². The molecule has 1 atom stereocenters. The smallest absolute Gasteiger partial charge is 0.220 e. The second-order valence-corrected chi connectivity index (χ2v) is 15.9. The molecule has 2 aromatic rings. The topological polar surface area (TPSA) is 29.1 Å². The third-order valence-electron chi connectivity index (χ3n) is 6.96. The predicted octanol–water partition coefficient (Wildman–Crippen LogP) is 8.63. The van der Waals surface area contributed by atoms with Crippen molar-refractivity contribution in [3.63, 3.8) is 0 Å². The summed E-state index contributed by atoms with van der Waals surface area (Å²) in [6.07, 6.45) is 12.5. The van der Waals surface area contributed by atoms with Crippen LogP contribution in [0.25, 0.3) is 0 Å². The molecule has 2 rings (SSSR count). The van der Waals surface area contributed by atoms with E-state index in [9.17, 15) is 4.79 Å². The molecule has 0 unspecified atom stereocenters. The van der Waals surface area contributed by atoms with E-state index in [0.717, 1.165) is 12.5 Å². The summed E-state index contributed by atoms with van der Waals surface area (Å²) in [5.74, 6) is 0.203. The van der Waals surface area contributed by atoms with E-state index in [2.05, 4.69) is 80.8 Å². The van der Waals surface area contributed by atoms with E-state index in [1.807, 2.05) is 6.07 Å². The van der Waals surface area contributed by atoms with Gasteiger partial charge in [-0.3, -0.25) is 4.79 Å². The fraction of sp³-hybridized carbons (Fsp3) is 0.567. The Hall–Kier alpha value is -1.87. The molecule has 2 aromatic carbocycles. The van der Waals surface area contributed by atoms with Gasteiger partial charge in [-0.25, -0.2) is 0 Å². The van der Waals surface area contributed by atoms with E-state index in [-0.39, 0.29) is 11.9 Å². The maximum absolute atomic E-state index is 13.0. The van der Waals surface area contributed by atoms with Gasteiger partial charge in [0.2, 0.25) is 5.91 Å². The summed E-state index contributed by atoms with van der Waals surface area (Å²) in [6.45, 7) is 9.35. The number of hydrogen-bond donors (Lipinski definition) is 1. The Morgan fingerprint density at radius 2 is 1.42 bits per heavy atom. The molecule has 1 amide bonds. The van der Waals surface area contributed by atoms with Gasteiger partial charge in [-0.15, -0.1) is 0 Å². The molecule has 0 radical (unpaired) electrons. The van der Waals surface area contributed by atoms with Crippen molar-refractivity contribution in [1.29, 1.82) is 0 Å². The normalized spacial score (nSPS) is 12.5. The zero-order valence-corrected chi connectivity index (χ0v) is 22.7. The van der Waals surface area contributed by atoms with Crippen molar-refractivity contribution in [1.82, 2.24) is 5.32 Å². The van der Waals surface area contributed by atoms with Gasteiger partial charge in [0, 0.05) is 14.5 Å². The predicted molar refractivity (Wildman–Crippen MR) is 147 cm³/mol. The minimum atomic E-state index is -1.32. The minimum absolute atomic E-state index is 0.0253. The van der Waals surface area contributed by atoms with Crippen LogP contribution in [0.1, 0.15) is 87.4 Å². The lowest BCUT2D eigenvalue weighted by atomic mass is 9.96. The van der Waals surface area contributed by atoms with E-state index in [4.69, 9.17) is 0 Å². The lowest BCUT2D eigenvalue weighted by Crippen LogP contribution is -2.33. The zero-order chi connectivity index (χ0) is 23.9. The van der Waals surface area contributed by atoms with Crippen molar-refractivity contribution in [2.75, 3.05) is 0 Å². The van der Waals surface area contributed by atoms with Crippen molar-refractivity contribution >= 4 is 14.0 Å². The molecule has 0 saturated carbocycles. The molecule has 0 fully saturated rings. The number of amides is 1. The Bertz CT molecular complexity index is 802. The van der Waals surface area contributed by atoms with E-state index in [1.54, 1.807) is 0 Å². The average molecular weight is 466 g/mol. The summed E-state index contributed by atoms with van der Waals surface area (Å²) in [6, 6.07) is 21.4. The standard InChI is InChI=1S/C30H47NOSi/c1-5-6-7-8-9-10-11-17-23-33(3,4)24-22-30(32)31-29(27-19-13-12-14-20-27)25-28-21-16-15-18-26(28)2/h12-16,18-21,29H,5-11,17,22-25H2,1-4H3,(H,31,32)/t29-/m0/s1. The SMILES string of the molecule is CCCCCCCCCC[Si](C)(C)CCC(=O)N[C@@H](Cc1ccccc1C)c1ccccc1. The van der Waals surface area contributed by atoms with Gasteiger partial charge in [0.1, 0.15) is 0 Å². The molecule has 0 aliphatic carbocycles. The van der Waals surface area contributed by atoms with Crippen molar-refractivity contribution < 1.29 is 4.79 Å². The summed E-state index contributed by atoms with van der Waals surface area (Å²) in [5, 5.41) is 3.37. The quantitative estimate of drug-likeness (QED) is 0.195. The second kappa shape index (κ2) is 15.1. The van der Waals surface area contributed by atoms with Gasteiger partial charge < -0.3 is 5.32 Å². The monoisotopic (exact) mass is 465 g/mol. The van der Waals surface area contributed by atoms with Crippen molar-refractivity contribution in [2.24, 2.45) is 0 Å². The van der Waals surface area contributed by atoms with Crippen LogP contribution >= 0.6 is 0 Å². The third-order valence-corrected chi connectivity index (χ3v) is 10.3. The van der Waals surface area contributed by atoms with Crippen molar-refractivity contribution in [3.05, 3.63) is 71.3 Å². The van der Waals surface area contributed by atoms with Crippen LogP contribution in [0.15, 0.2) is 54.6 Å². The zero-order valence-electron chi connectivity index (χ0n) is 21.7. The van der Waals surface area contributed by atoms with Crippen LogP contribution in [0, 0.1) is 6.92 Å². The number of rotatable bonds is 16. The highest BCUT2D eigenvalue weighted by Gasteiger charge is 2.23. The number of benzene rings is 2. The molecule has 3 heteroatoms. The molecule has 33 heavy (non-hydrogen) atoms. The number of carbonyl (C=O) groups is 1. The largest absolute Gasteiger partial charge is 0.349 e. The highest BCUT2D eigenvalue weighted by atomic mass is 28.3. The summed E-state index contributed by atoms with van der Waals surface area (Å²) >= 11 is 0. The molecule has 2 nitrogen and oxygen atoms in total. The Kier molecular flexibility index (Phi) is 12.5. The number of unbranched alkanes of at least 4 members (excludes halogenated alkanes) is 7. The van der Waals surface area contributed by atoms with Gasteiger partial charge in [-0.05, 0) is 36.1 Å². The first-order chi connectivity index (χ1) is 15.9. The highest BCUT2D eigenvalue weighted by molar-refractivity contribution is 6.77. The third kappa shape index (κ3) is 11.2. The number of hydrogen-bond acceptors (Lipinski definition) is 1. The fourth-order valence-electron chi connectivity index (χ4n) is 4.58. The van der Waals surface area contributed by atoms with Crippen molar-refractivity contribution in [3.8, 4) is 0 Å². The lowest BCUT2D eigenvalue weighted by Gasteiger charge is -2.24. The van der Waals surface area contributed by atoms with Crippen LogP contribution in [0.4, 0.5) is 0 Å². The molecule has 0 heterocycles. The number of nitrogens with one attached hydrogen (secondary N) is 1. The highest BCUT2D eigenvalue weighted by Crippen LogP contribution is 2.24. The van der Waals surface area contributed by atoms with Crippen LogP contribution in [0.5, 0.6) is 0 Å². The first kappa shape index (κ1) is 27.4. The summed E-state index contributed by atoms with van der Waals surface area (Å²) in [4.78, 5) is 13.0. The molecule has 0 spiro atoms. The van der Waals surface area contributed by atoms with Gasteiger partial charge in [0.05, 0.1) is 6.04 Å². The Balaban J connectivity index is 1.80. The second-order valence-electron chi connectivity index (χ2n) is 10.6. The fourth-order valence-corrected chi connectivity index (χ4v) is 6.94. The maximum Gasteiger partial charge on any atom is 0.220 e. The van der Waals surface area contributed by atoms with E-state index in [1.165, 1.54) is 74.1 Å². The van der Waals surface area contributed by atoms with Crippen LogP contribution in [-0.4, -0.2) is 14.0 Å². The molecule has 1 N–H and O–H groups in total. The first-order valence-electron chi connectivity index (χ1n) is 13.3. The molecular formula is C30H47NOSi. The van der Waals surface area contributed by atoms with Gasteiger partial charge in [0.25, 0.3) is 0 Å². The molecule has 182 valence electrons. The van der Waals surface area contributed by atoms with Crippen LogP contribution < -0.4 is 5.32 Å². The van der Waals surface area contributed by atoms with Crippen LogP contribution in [0.3, 0.4) is 0 Å². The molecule has 0 saturated heterocycles. The summed E-state index contributed by atoms with van der Waals surface area (Å²) < 4.78 is 0. The van der Waals surface area contributed by atoms with E-state index in [0.29, 0.717) is 6.42 Å². The summed E-state index contributed by atoms with van der Waals surface area (Å²) in [5.41, 5.74) is 3.77. The lowest BCUT2D eigenvalue weighted by molar-refractivity contribution is -0.121. The van der Waals surface area contributed by atoms with Gasteiger partial charge in [-0.1, -0.05) is 132 Å². The maximum atomic E-state index is 13.0. The molecule has 0 aliphatic rings. The minimum Gasteiger partial charge on any atom is -0.349 e. The number of aryl methyl sites for hydroxylation is 1. The average Bonchev–Trinajstić information content (AvgIpc) is 2.81. The van der Waals surface area contributed by atoms with Crippen LogP contribution in [-0.2, 0) is 11.2 Å². The van der Waals surface area contributed by atoms with Gasteiger partial charge in [0.15, 0.2) is 0 Å². The Labute approximate surface area is 204 Å². The molecular weight excluding hydrogens is 418 g/mol. The number of carbonyl (C=O) groups excluding carboxylic acids is 1. The Morgan fingerprint density at radius 3 is 2.09 bits per heavy atom. The van der Waals surface area contributed by atoms with Crippen molar-refractivity contribution in [2.45, 2.75) is 109 Å². The van der Waals surface area contributed by atoms with E-state index >= 15 is 0 Å². The molecule has 0 aromatic heterocycles. The molecule has 0 bridgehead atoms. The van der Waals surface area contributed by atoms with Crippen LogP contribution in [0.2, 0.25) is 25.2 Å². The Morgan fingerprint density at radius 1 is 0.818 bits per heavy atom. The molecule has 0 aliphatic heterocycles.